The average Bonchev–Trinajstić information content (AvgIpc) is 2.50. The van der Waals surface area contributed by atoms with Gasteiger partial charge in [0.05, 0.1) is 17.1 Å². The van der Waals surface area contributed by atoms with E-state index in [2.05, 4.69) is 4.90 Å². The maximum atomic E-state index is 12.6. The predicted molar refractivity (Wildman–Crippen MR) is 89.4 cm³/mol. The molecule has 1 aromatic rings. The lowest BCUT2D eigenvalue weighted by atomic mass is 10.2. The summed E-state index contributed by atoms with van der Waals surface area (Å²) in [5.41, 5.74) is -4.63. The molecule has 1 aliphatic heterocycles. The number of nitrogens with zero attached hydrogens (tertiary/aromatic N) is 2. The lowest BCUT2D eigenvalue weighted by Gasteiger charge is -2.36. The molecule has 0 aromatic heterocycles. The maximum Gasteiger partial charge on any atom is 0.501 e. The van der Waals surface area contributed by atoms with Gasteiger partial charge in [-0.2, -0.15) is 13.2 Å². The number of halogens is 3. The number of hydrogen-bond donors (Lipinski definition) is 0. The van der Waals surface area contributed by atoms with Crippen LogP contribution in [0.4, 0.5) is 18.9 Å². The fourth-order valence-corrected chi connectivity index (χ4v) is 3.66. The standard InChI is InChI=1S/C16H23F3N2O3S/c1-12-10-21(11-13(2)24-12)9-8-20(3)14-4-6-15(7-5-14)25(22,23)16(17,18)19/h4-7,12-13H,8-11H2,1-3H3/t12-,13+. The molecule has 0 amide bonds. The molecule has 142 valence electrons. The quantitative estimate of drug-likeness (QED) is 0.786. The van der Waals surface area contributed by atoms with Crippen molar-refractivity contribution in [3.05, 3.63) is 24.3 Å². The minimum absolute atomic E-state index is 0.168. The first-order valence-electron chi connectivity index (χ1n) is 8.01. The molecule has 0 aliphatic carbocycles. The molecule has 1 aliphatic rings. The second kappa shape index (κ2) is 7.51. The van der Waals surface area contributed by atoms with Crippen LogP contribution < -0.4 is 4.90 Å². The number of benzene rings is 1. The third-order valence-corrected chi connectivity index (χ3v) is 5.64. The highest BCUT2D eigenvalue weighted by Gasteiger charge is 2.46. The maximum absolute atomic E-state index is 12.6. The molecule has 0 N–H and O–H groups in total. The Morgan fingerprint density at radius 3 is 2.16 bits per heavy atom. The molecule has 0 saturated carbocycles. The van der Waals surface area contributed by atoms with Crippen molar-refractivity contribution < 1.29 is 26.3 Å². The van der Waals surface area contributed by atoms with Gasteiger partial charge in [0, 0.05) is 38.9 Å². The van der Waals surface area contributed by atoms with Crippen LogP contribution in [0.1, 0.15) is 13.8 Å². The van der Waals surface area contributed by atoms with Crippen molar-refractivity contribution in [3.63, 3.8) is 0 Å². The van der Waals surface area contributed by atoms with Gasteiger partial charge in [0.2, 0.25) is 0 Å². The zero-order valence-corrected chi connectivity index (χ0v) is 15.3. The van der Waals surface area contributed by atoms with Gasteiger partial charge in [-0.3, -0.25) is 4.90 Å². The third-order valence-electron chi connectivity index (χ3n) is 4.14. The Hall–Kier alpha value is -1.32. The van der Waals surface area contributed by atoms with Gasteiger partial charge in [0.1, 0.15) is 0 Å². The summed E-state index contributed by atoms with van der Waals surface area (Å²) >= 11 is 0. The minimum atomic E-state index is -5.30. The third kappa shape index (κ3) is 4.86. The Balaban J connectivity index is 1.98. The number of ether oxygens (including phenoxy) is 1. The summed E-state index contributed by atoms with van der Waals surface area (Å²) in [6.07, 6.45) is 0.335. The van der Waals surface area contributed by atoms with Crippen molar-refractivity contribution in [3.8, 4) is 0 Å². The molecule has 25 heavy (non-hydrogen) atoms. The topological polar surface area (TPSA) is 49.9 Å². The first-order chi connectivity index (χ1) is 11.5. The van der Waals surface area contributed by atoms with Crippen LogP contribution in [0, 0.1) is 0 Å². The van der Waals surface area contributed by atoms with Gasteiger partial charge in [-0.25, -0.2) is 8.42 Å². The Morgan fingerprint density at radius 1 is 1.16 bits per heavy atom. The Kier molecular flexibility index (Phi) is 6.01. The first kappa shape index (κ1) is 20.0. The molecule has 9 heteroatoms. The van der Waals surface area contributed by atoms with E-state index in [4.69, 9.17) is 4.74 Å². The van der Waals surface area contributed by atoms with Crippen molar-refractivity contribution in [2.75, 3.05) is 38.1 Å². The summed E-state index contributed by atoms with van der Waals surface area (Å²) in [4.78, 5) is 3.42. The largest absolute Gasteiger partial charge is 0.501 e. The number of alkyl halides is 3. The molecule has 1 fully saturated rings. The fourth-order valence-electron chi connectivity index (χ4n) is 2.90. The number of anilines is 1. The molecule has 0 unspecified atom stereocenters. The van der Waals surface area contributed by atoms with Crippen molar-refractivity contribution in [1.82, 2.24) is 4.90 Å². The van der Waals surface area contributed by atoms with Gasteiger partial charge < -0.3 is 9.64 Å². The summed E-state index contributed by atoms with van der Waals surface area (Å²) in [6.45, 7) is 7.17. The average molecular weight is 380 g/mol. The first-order valence-corrected chi connectivity index (χ1v) is 9.49. The molecule has 2 atom stereocenters. The van der Waals surface area contributed by atoms with Crippen LogP contribution in [-0.4, -0.2) is 64.3 Å². The second-order valence-electron chi connectivity index (χ2n) is 6.38. The number of rotatable bonds is 5. The van der Waals surface area contributed by atoms with Gasteiger partial charge in [0.15, 0.2) is 0 Å². The summed E-state index contributed by atoms with van der Waals surface area (Å²) in [6, 6.07) is 4.77. The van der Waals surface area contributed by atoms with E-state index < -0.39 is 20.2 Å². The van der Waals surface area contributed by atoms with E-state index in [0.717, 1.165) is 31.8 Å². The molecule has 0 spiro atoms. The highest BCUT2D eigenvalue weighted by atomic mass is 32.2. The van der Waals surface area contributed by atoms with Gasteiger partial charge in [-0.15, -0.1) is 0 Å². The van der Waals surface area contributed by atoms with E-state index in [-0.39, 0.29) is 12.2 Å². The van der Waals surface area contributed by atoms with Crippen molar-refractivity contribution >= 4 is 15.5 Å². The van der Waals surface area contributed by atoms with Crippen LogP contribution in [0.2, 0.25) is 0 Å². The number of sulfone groups is 1. The minimum Gasteiger partial charge on any atom is -0.373 e. The van der Waals surface area contributed by atoms with Crippen LogP contribution in [0.3, 0.4) is 0 Å². The summed E-state index contributed by atoms with van der Waals surface area (Å²) in [7, 11) is -3.48. The zero-order chi connectivity index (χ0) is 18.8. The van der Waals surface area contributed by atoms with Crippen LogP contribution >= 0.6 is 0 Å². The molecular formula is C16H23F3N2O3S. The normalized spacial score (nSPS) is 22.8. The molecule has 1 aromatic carbocycles. The van der Waals surface area contributed by atoms with Gasteiger partial charge in [-0.1, -0.05) is 0 Å². The van der Waals surface area contributed by atoms with Crippen LogP contribution in [0.15, 0.2) is 29.2 Å². The van der Waals surface area contributed by atoms with E-state index in [1.54, 1.807) is 0 Å². The SMILES string of the molecule is C[C@@H]1CN(CCN(C)c2ccc(S(=O)(=O)C(F)(F)F)cc2)C[C@H](C)O1. The monoisotopic (exact) mass is 380 g/mol. The van der Waals surface area contributed by atoms with Crippen molar-refractivity contribution in [2.45, 2.75) is 36.5 Å². The van der Waals surface area contributed by atoms with Crippen molar-refractivity contribution in [1.29, 1.82) is 0 Å². The Labute approximate surface area is 146 Å². The van der Waals surface area contributed by atoms with Crippen LogP contribution in [0.5, 0.6) is 0 Å². The lowest BCUT2D eigenvalue weighted by molar-refractivity contribution is -0.0670. The van der Waals surface area contributed by atoms with E-state index in [0.29, 0.717) is 12.2 Å². The molecule has 1 heterocycles. The molecule has 5 nitrogen and oxygen atoms in total. The zero-order valence-electron chi connectivity index (χ0n) is 14.5. The summed E-state index contributed by atoms with van der Waals surface area (Å²) in [5.74, 6) is 0. The molecule has 0 bridgehead atoms. The fraction of sp³-hybridized carbons (Fsp3) is 0.625. The molecule has 0 radical (unpaired) electrons. The smallest absolute Gasteiger partial charge is 0.373 e. The van der Waals surface area contributed by atoms with Crippen LogP contribution in [-0.2, 0) is 14.6 Å². The number of hydrogen-bond acceptors (Lipinski definition) is 5. The van der Waals surface area contributed by atoms with E-state index in [1.165, 1.54) is 12.1 Å². The predicted octanol–water partition coefficient (Wildman–Crippen LogP) is 2.53. The van der Waals surface area contributed by atoms with Gasteiger partial charge in [-0.05, 0) is 38.1 Å². The number of likely N-dealkylation sites (N-methyl/N-ethyl adjacent to an activating group) is 1. The van der Waals surface area contributed by atoms with E-state index in [9.17, 15) is 21.6 Å². The van der Waals surface area contributed by atoms with E-state index in [1.807, 2.05) is 25.8 Å². The molecule has 1 saturated heterocycles. The molecular weight excluding hydrogens is 357 g/mol. The summed E-state index contributed by atoms with van der Waals surface area (Å²) < 4.78 is 66.1. The summed E-state index contributed by atoms with van der Waals surface area (Å²) in [5, 5.41) is 0. The second-order valence-corrected chi connectivity index (χ2v) is 8.32. The van der Waals surface area contributed by atoms with E-state index >= 15 is 0 Å². The van der Waals surface area contributed by atoms with Crippen molar-refractivity contribution in [2.24, 2.45) is 0 Å². The highest BCUT2D eigenvalue weighted by molar-refractivity contribution is 7.92. The lowest BCUT2D eigenvalue weighted by Crippen LogP contribution is -2.47. The highest BCUT2D eigenvalue weighted by Crippen LogP contribution is 2.31. The molecule has 2 rings (SSSR count). The Morgan fingerprint density at radius 2 is 1.68 bits per heavy atom. The Bertz CT molecular complexity index is 667. The number of morpholine rings is 1. The van der Waals surface area contributed by atoms with Gasteiger partial charge in [0.25, 0.3) is 9.84 Å². The van der Waals surface area contributed by atoms with Gasteiger partial charge >= 0.3 is 5.51 Å². The van der Waals surface area contributed by atoms with Crippen LogP contribution in [0.25, 0.3) is 0 Å².